The van der Waals surface area contributed by atoms with Crippen LogP contribution in [0.1, 0.15) is 17.5 Å². The molecule has 0 unspecified atom stereocenters. The fourth-order valence-electron chi connectivity index (χ4n) is 2.70. The Labute approximate surface area is 160 Å². The van der Waals surface area contributed by atoms with E-state index in [9.17, 15) is 18.0 Å². The number of amides is 1. The number of hydrogen-bond donors (Lipinski definition) is 0. The number of halogens is 3. The molecule has 3 rings (SSSR count). The predicted molar refractivity (Wildman–Crippen MR) is 99.8 cm³/mol. The largest absolute Gasteiger partial charge is 0.272 e. The summed E-state index contributed by atoms with van der Waals surface area (Å²) in [5, 5.41) is 0.583. The van der Waals surface area contributed by atoms with E-state index in [2.05, 4.69) is 0 Å². The molecule has 0 heterocycles. The first-order valence-electron chi connectivity index (χ1n) is 8.73. The third kappa shape index (κ3) is 4.98. The molecule has 6 heteroatoms. The van der Waals surface area contributed by atoms with Crippen molar-refractivity contribution in [1.82, 2.24) is 0 Å². The lowest BCUT2D eigenvalue weighted by Crippen LogP contribution is -2.33. The lowest BCUT2D eigenvalue weighted by Gasteiger charge is -2.23. The minimum Gasteiger partial charge on any atom is -0.272 e. The Kier molecular flexibility index (Phi) is 6.45. The highest BCUT2D eigenvalue weighted by molar-refractivity contribution is 5.91. The standard InChI is InChI=1S/C22H18F3NO2/c23-18-13-19(24)22(20(25)14-18)26(28-15-17-9-5-2-6-10-17)21(27)12-11-16-7-3-1-4-8-16/h1-10,13-14H,11-12,15H2. The molecule has 0 atom stereocenters. The minimum atomic E-state index is -1.21. The lowest BCUT2D eigenvalue weighted by atomic mass is 10.1. The molecule has 0 aliphatic carbocycles. The normalized spacial score (nSPS) is 10.7. The van der Waals surface area contributed by atoms with Crippen molar-refractivity contribution in [3.05, 3.63) is 101 Å². The number of carbonyl (C=O) groups is 1. The smallest absolute Gasteiger partial charge is 0.251 e. The molecule has 0 saturated heterocycles. The maximum atomic E-state index is 14.3. The Hall–Kier alpha value is -3.12. The quantitative estimate of drug-likeness (QED) is 0.523. The third-order valence-corrected chi connectivity index (χ3v) is 4.08. The summed E-state index contributed by atoms with van der Waals surface area (Å²) in [5.41, 5.74) is 0.889. The summed E-state index contributed by atoms with van der Waals surface area (Å²) in [6, 6.07) is 19.1. The number of aryl methyl sites for hydroxylation is 1. The molecule has 0 aromatic heterocycles. The van der Waals surface area contributed by atoms with Crippen molar-refractivity contribution in [3.63, 3.8) is 0 Å². The van der Waals surface area contributed by atoms with Crippen molar-refractivity contribution in [2.24, 2.45) is 0 Å². The van der Waals surface area contributed by atoms with E-state index in [0.29, 0.717) is 29.2 Å². The van der Waals surface area contributed by atoms with Crippen molar-refractivity contribution in [3.8, 4) is 0 Å². The average molecular weight is 385 g/mol. The van der Waals surface area contributed by atoms with Crippen LogP contribution in [0.15, 0.2) is 72.8 Å². The van der Waals surface area contributed by atoms with Crippen LogP contribution in [0.5, 0.6) is 0 Å². The number of benzene rings is 3. The van der Waals surface area contributed by atoms with Crippen LogP contribution in [0.25, 0.3) is 0 Å². The van der Waals surface area contributed by atoms with Crippen LogP contribution in [0.3, 0.4) is 0 Å². The van der Waals surface area contributed by atoms with E-state index in [4.69, 9.17) is 4.84 Å². The van der Waals surface area contributed by atoms with Crippen molar-refractivity contribution in [2.75, 3.05) is 5.06 Å². The van der Waals surface area contributed by atoms with E-state index in [1.165, 1.54) is 0 Å². The molecule has 0 aliphatic rings. The van der Waals surface area contributed by atoms with Gasteiger partial charge in [-0.15, -0.1) is 0 Å². The Balaban J connectivity index is 1.82. The Bertz CT molecular complexity index is 910. The van der Waals surface area contributed by atoms with Gasteiger partial charge in [0, 0.05) is 18.6 Å². The van der Waals surface area contributed by atoms with E-state index in [-0.39, 0.29) is 13.0 Å². The first-order chi connectivity index (χ1) is 13.5. The summed E-state index contributed by atoms with van der Waals surface area (Å²) in [6.45, 7) is -0.0752. The van der Waals surface area contributed by atoms with Crippen molar-refractivity contribution >= 4 is 11.6 Å². The molecule has 3 aromatic rings. The molecule has 1 amide bonds. The molecule has 0 spiro atoms. The van der Waals surface area contributed by atoms with E-state index in [1.807, 2.05) is 36.4 Å². The molecule has 0 aliphatic heterocycles. The molecule has 0 saturated carbocycles. The maximum absolute atomic E-state index is 14.3. The van der Waals surface area contributed by atoms with Crippen LogP contribution in [0.2, 0.25) is 0 Å². The van der Waals surface area contributed by atoms with Crippen LogP contribution >= 0.6 is 0 Å². The monoisotopic (exact) mass is 385 g/mol. The van der Waals surface area contributed by atoms with Crippen LogP contribution in [-0.2, 0) is 22.7 Å². The van der Waals surface area contributed by atoms with Crippen LogP contribution in [0, 0.1) is 17.5 Å². The van der Waals surface area contributed by atoms with Gasteiger partial charge in [-0.1, -0.05) is 60.7 Å². The molecule has 28 heavy (non-hydrogen) atoms. The second kappa shape index (κ2) is 9.19. The van der Waals surface area contributed by atoms with Crippen LogP contribution in [0.4, 0.5) is 18.9 Å². The summed E-state index contributed by atoms with van der Waals surface area (Å²) >= 11 is 0. The molecule has 0 fully saturated rings. The molecule has 3 nitrogen and oxygen atoms in total. The van der Waals surface area contributed by atoms with Gasteiger partial charge in [0.05, 0.1) is 0 Å². The highest BCUT2D eigenvalue weighted by Crippen LogP contribution is 2.26. The van der Waals surface area contributed by atoms with E-state index < -0.39 is 29.0 Å². The van der Waals surface area contributed by atoms with Gasteiger partial charge in [-0.2, -0.15) is 5.06 Å². The van der Waals surface area contributed by atoms with Crippen molar-refractivity contribution < 1.29 is 22.8 Å². The number of hydrogen-bond acceptors (Lipinski definition) is 2. The summed E-state index contributed by atoms with van der Waals surface area (Å²) in [5.74, 6) is -4.13. The second-order valence-electron chi connectivity index (χ2n) is 6.15. The molecule has 3 aromatic carbocycles. The lowest BCUT2D eigenvalue weighted by molar-refractivity contribution is -0.126. The zero-order valence-corrected chi connectivity index (χ0v) is 14.9. The Morgan fingerprint density at radius 3 is 1.93 bits per heavy atom. The Morgan fingerprint density at radius 1 is 0.821 bits per heavy atom. The van der Waals surface area contributed by atoms with Crippen molar-refractivity contribution in [1.29, 1.82) is 0 Å². The number of rotatable bonds is 7. The molecular formula is C22H18F3NO2. The molecular weight excluding hydrogens is 367 g/mol. The van der Waals surface area contributed by atoms with Gasteiger partial charge in [-0.3, -0.25) is 9.63 Å². The van der Waals surface area contributed by atoms with Crippen LogP contribution < -0.4 is 5.06 Å². The van der Waals surface area contributed by atoms with Crippen LogP contribution in [-0.4, -0.2) is 5.91 Å². The molecule has 0 bridgehead atoms. The first-order valence-corrected chi connectivity index (χ1v) is 8.73. The number of nitrogens with zero attached hydrogens (tertiary/aromatic N) is 1. The maximum Gasteiger partial charge on any atom is 0.251 e. The first kappa shape index (κ1) is 19.6. The summed E-state index contributed by atoms with van der Waals surface area (Å²) < 4.78 is 41.8. The number of carbonyl (C=O) groups excluding carboxylic acids is 1. The van der Waals surface area contributed by atoms with Gasteiger partial charge in [-0.25, -0.2) is 13.2 Å². The highest BCUT2D eigenvalue weighted by atomic mass is 19.1. The van der Waals surface area contributed by atoms with E-state index >= 15 is 0 Å². The average Bonchev–Trinajstić information content (AvgIpc) is 2.69. The van der Waals surface area contributed by atoms with E-state index in [0.717, 1.165) is 5.56 Å². The van der Waals surface area contributed by atoms with Gasteiger partial charge < -0.3 is 0 Å². The SMILES string of the molecule is O=C(CCc1ccccc1)N(OCc1ccccc1)c1c(F)cc(F)cc1F. The summed E-state index contributed by atoms with van der Waals surface area (Å²) in [7, 11) is 0. The molecule has 0 N–H and O–H groups in total. The third-order valence-electron chi connectivity index (χ3n) is 4.08. The van der Waals surface area contributed by atoms with Gasteiger partial charge in [0.2, 0.25) is 0 Å². The van der Waals surface area contributed by atoms with Gasteiger partial charge in [-0.05, 0) is 17.5 Å². The zero-order valence-electron chi connectivity index (χ0n) is 14.9. The highest BCUT2D eigenvalue weighted by Gasteiger charge is 2.25. The second-order valence-corrected chi connectivity index (χ2v) is 6.15. The van der Waals surface area contributed by atoms with Gasteiger partial charge >= 0.3 is 0 Å². The topological polar surface area (TPSA) is 29.5 Å². The summed E-state index contributed by atoms with van der Waals surface area (Å²) in [4.78, 5) is 18.1. The van der Waals surface area contributed by atoms with E-state index in [1.54, 1.807) is 24.3 Å². The van der Waals surface area contributed by atoms with Gasteiger partial charge in [0.15, 0.2) is 11.6 Å². The Morgan fingerprint density at radius 2 is 1.36 bits per heavy atom. The zero-order chi connectivity index (χ0) is 19.9. The fourth-order valence-corrected chi connectivity index (χ4v) is 2.70. The molecule has 144 valence electrons. The van der Waals surface area contributed by atoms with Gasteiger partial charge in [0.25, 0.3) is 5.91 Å². The summed E-state index contributed by atoms with van der Waals surface area (Å²) in [6.07, 6.45) is 0.338. The fraction of sp³-hybridized carbons (Fsp3) is 0.136. The van der Waals surface area contributed by atoms with Gasteiger partial charge in [0.1, 0.15) is 18.1 Å². The minimum absolute atomic E-state index is 0.0327. The predicted octanol–water partition coefficient (Wildman–Crippen LogP) is 5.20. The molecule has 0 radical (unpaired) electrons. The van der Waals surface area contributed by atoms with Crippen molar-refractivity contribution in [2.45, 2.75) is 19.4 Å². The number of anilines is 1. The number of hydroxylamine groups is 1.